The molecule has 0 aromatic carbocycles. The van der Waals surface area contributed by atoms with E-state index in [0.29, 0.717) is 25.6 Å². The Kier molecular flexibility index (Phi) is 4.15. The Morgan fingerprint density at radius 3 is 2.50 bits per heavy atom. The highest BCUT2D eigenvalue weighted by atomic mass is 16.6. The van der Waals surface area contributed by atoms with Gasteiger partial charge in [0, 0.05) is 32.2 Å². The number of hydrogen-bond acceptors (Lipinski definition) is 4. The van der Waals surface area contributed by atoms with E-state index in [1.165, 1.54) is 0 Å². The van der Waals surface area contributed by atoms with Crippen molar-refractivity contribution in [3.05, 3.63) is 0 Å². The van der Waals surface area contributed by atoms with E-state index < -0.39 is 5.60 Å². The van der Waals surface area contributed by atoms with E-state index in [1.807, 2.05) is 20.8 Å². The Hall–Kier alpha value is -0.810. The number of amides is 1. The Morgan fingerprint density at radius 1 is 1.50 bits per heavy atom. The normalized spacial score (nSPS) is 19.2. The molecule has 0 aliphatic carbocycles. The van der Waals surface area contributed by atoms with Gasteiger partial charge in [-0.25, -0.2) is 4.79 Å². The number of methoxy groups -OCH3 is 1. The highest BCUT2D eigenvalue weighted by molar-refractivity contribution is 5.69. The van der Waals surface area contributed by atoms with Crippen LogP contribution in [0.2, 0.25) is 0 Å². The molecule has 0 radical (unpaired) electrons. The number of nitrogens with zero attached hydrogens (tertiary/aromatic N) is 1. The van der Waals surface area contributed by atoms with Gasteiger partial charge in [-0.1, -0.05) is 0 Å². The predicted octanol–water partition coefficient (Wildman–Crippen LogP) is 0.827. The van der Waals surface area contributed by atoms with E-state index in [9.17, 15) is 4.79 Å². The summed E-state index contributed by atoms with van der Waals surface area (Å²) in [6.45, 7) is 7.45. The zero-order valence-electron chi connectivity index (χ0n) is 10.5. The van der Waals surface area contributed by atoms with Crippen LogP contribution >= 0.6 is 0 Å². The first-order valence-corrected chi connectivity index (χ1v) is 5.56. The van der Waals surface area contributed by atoms with Gasteiger partial charge < -0.3 is 20.1 Å². The first-order chi connectivity index (χ1) is 7.33. The minimum absolute atomic E-state index is 0.00341. The van der Waals surface area contributed by atoms with E-state index in [-0.39, 0.29) is 12.1 Å². The molecule has 1 rings (SSSR count). The third kappa shape index (κ3) is 3.64. The number of rotatable bonds is 3. The van der Waals surface area contributed by atoms with Gasteiger partial charge in [0.1, 0.15) is 5.60 Å². The van der Waals surface area contributed by atoms with Crippen LogP contribution in [0.15, 0.2) is 0 Å². The Morgan fingerprint density at radius 2 is 2.06 bits per heavy atom. The van der Waals surface area contributed by atoms with Crippen LogP contribution in [-0.2, 0) is 9.47 Å². The van der Waals surface area contributed by atoms with E-state index >= 15 is 0 Å². The second kappa shape index (κ2) is 5.01. The zero-order valence-corrected chi connectivity index (χ0v) is 10.5. The molecule has 0 aromatic rings. The first-order valence-electron chi connectivity index (χ1n) is 5.56. The van der Waals surface area contributed by atoms with E-state index in [1.54, 1.807) is 12.0 Å². The Bertz CT molecular complexity index is 244. The van der Waals surface area contributed by atoms with Crippen LogP contribution in [0.25, 0.3) is 0 Å². The van der Waals surface area contributed by atoms with E-state index in [4.69, 9.17) is 15.2 Å². The van der Waals surface area contributed by atoms with Gasteiger partial charge in [-0.3, -0.25) is 0 Å². The maximum Gasteiger partial charge on any atom is 0.410 e. The van der Waals surface area contributed by atoms with Crippen molar-refractivity contribution in [2.24, 2.45) is 11.7 Å². The van der Waals surface area contributed by atoms with Gasteiger partial charge in [-0.15, -0.1) is 0 Å². The molecule has 0 saturated carbocycles. The van der Waals surface area contributed by atoms with Crippen LogP contribution in [0.4, 0.5) is 4.79 Å². The van der Waals surface area contributed by atoms with Gasteiger partial charge in [0.15, 0.2) is 0 Å². The van der Waals surface area contributed by atoms with Gasteiger partial charge in [-0.2, -0.15) is 0 Å². The van der Waals surface area contributed by atoms with Crippen LogP contribution < -0.4 is 5.73 Å². The molecule has 0 spiro atoms. The smallest absolute Gasteiger partial charge is 0.410 e. The van der Waals surface area contributed by atoms with Gasteiger partial charge >= 0.3 is 6.09 Å². The maximum atomic E-state index is 11.6. The van der Waals surface area contributed by atoms with Gasteiger partial charge in [0.05, 0.1) is 6.61 Å². The largest absolute Gasteiger partial charge is 0.444 e. The molecule has 1 atom stereocenters. The summed E-state index contributed by atoms with van der Waals surface area (Å²) >= 11 is 0. The number of carbonyl (C=O) groups excluding carboxylic acids is 1. The van der Waals surface area contributed by atoms with E-state index in [2.05, 4.69) is 0 Å². The highest BCUT2D eigenvalue weighted by Crippen LogP contribution is 2.21. The Balaban J connectivity index is 2.28. The predicted molar refractivity (Wildman–Crippen MR) is 61.1 cm³/mol. The molecule has 2 N–H and O–H groups in total. The third-order valence-corrected chi connectivity index (χ3v) is 2.53. The lowest BCUT2D eigenvalue weighted by Crippen LogP contribution is -2.58. The summed E-state index contributed by atoms with van der Waals surface area (Å²) in [7, 11) is 1.63. The summed E-state index contributed by atoms with van der Waals surface area (Å²) in [6, 6.07) is 0.00341. The van der Waals surface area contributed by atoms with Crippen molar-refractivity contribution in [1.29, 1.82) is 0 Å². The maximum absolute atomic E-state index is 11.6. The molecule has 16 heavy (non-hydrogen) atoms. The van der Waals surface area contributed by atoms with Crippen LogP contribution in [0, 0.1) is 5.92 Å². The van der Waals surface area contributed by atoms with Crippen LogP contribution in [0.5, 0.6) is 0 Å². The first kappa shape index (κ1) is 13.3. The van der Waals surface area contributed by atoms with Crippen LogP contribution in [-0.4, -0.2) is 49.4 Å². The van der Waals surface area contributed by atoms with Crippen molar-refractivity contribution in [3.63, 3.8) is 0 Å². The minimum atomic E-state index is -0.434. The molecule has 1 fully saturated rings. The fourth-order valence-corrected chi connectivity index (χ4v) is 1.59. The fourth-order valence-electron chi connectivity index (χ4n) is 1.59. The number of ether oxygens (including phenoxy) is 2. The SMILES string of the molecule is COC[C@@H](N)C1CN(C(=O)OC(C)(C)C)C1. The molecule has 1 aliphatic heterocycles. The average Bonchev–Trinajstić information content (AvgIpc) is 1.97. The summed E-state index contributed by atoms with van der Waals surface area (Å²) < 4.78 is 10.2. The van der Waals surface area contributed by atoms with Gasteiger partial charge in [0.25, 0.3) is 0 Å². The molecule has 1 amide bonds. The lowest BCUT2D eigenvalue weighted by molar-refractivity contribution is -0.00934. The molecule has 1 heterocycles. The molecular weight excluding hydrogens is 208 g/mol. The standard InChI is InChI=1S/C11H22N2O3/c1-11(2,3)16-10(14)13-5-8(6-13)9(12)7-15-4/h8-9H,5-7,12H2,1-4H3/t9-/m1/s1. The molecule has 1 saturated heterocycles. The minimum Gasteiger partial charge on any atom is -0.444 e. The van der Waals surface area contributed by atoms with Crippen molar-refractivity contribution in [3.8, 4) is 0 Å². The number of likely N-dealkylation sites (tertiary alicyclic amines) is 1. The summed E-state index contributed by atoms with van der Waals surface area (Å²) in [5, 5.41) is 0. The number of hydrogen-bond donors (Lipinski definition) is 1. The van der Waals surface area contributed by atoms with Crippen LogP contribution in [0.1, 0.15) is 20.8 Å². The fraction of sp³-hybridized carbons (Fsp3) is 0.909. The van der Waals surface area contributed by atoms with Crippen molar-refractivity contribution < 1.29 is 14.3 Å². The highest BCUT2D eigenvalue weighted by Gasteiger charge is 2.36. The van der Waals surface area contributed by atoms with Crippen molar-refractivity contribution in [1.82, 2.24) is 4.90 Å². The average molecular weight is 230 g/mol. The van der Waals surface area contributed by atoms with Gasteiger partial charge in [0.2, 0.25) is 0 Å². The van der Waals surface area contributed by atoms with Crippen molar-refractivity contribution in [2.45, 2.75) is 32.4 Å². The number of carbonyl (C=O) groups is 1. The molecule has 0 bridgehead atoms. The van der Waals surface area contributed by atoms with Crippen molar-refractivity contribution >= 4 is 6.09 Å². The summed E-state index contributed by atoms with van der Waals surface area (Å²) in [6.07, 6.45) is -0.256. The molecule has 1 aliphatic rings. The summed E-state index contributed by atoms with van der Waals surface area (Å²) in [5.74, 6) is 0.326. The summed E-state index contributed by atoms with van der Waals surface area (Å²) in [5.41, 5.74) is 5.44. The molecule has 5 heteroatoms. The third-order valence-electron chi connectivity index (χ3n) is 2.53. The molecule has 5 nitrogen and oxygen atoms in total. The van der Waals surface area contributed by atoms with Gasteiger partial charge in [-0.05, 0) is 20.8 Å². The van der Waals surface area contributed by atoms with E-state index in [0.717, 1.165) is 0 Å². The molecule has 0 unspecified atom stereocenters. The van der Waals surface area contributed by atoms with Crippen molar-refractivity contribution in [2.75, 3.05) is 26.8 Å². The Labute approximate surface area is 96.9 Å². The second-order valence-electron chi connectivity index (χ2n) is 5.26. The summed E-state index contributed by atoms with van der Waals surface area (Å²) in [4.78, 5) is 13.3. The molecule has 0 aromatic heterocycles. The quantitative estimate of drug-likeness (QED) is 0.780. The monoisotopic (exact) mass is 230 g/mol. The number of nitrogens with two attached hydrogens (primary N) is 1. The second-order valence-corrected chi connectivity index (χ2v) is 5.26. The van der Waals surface area contributed by atoms with Crippen LogP contribution in [0.3, 0.4) is 0 Å². The topological polar surface area (TPSA) is 64.8 Å². The molecule has 94 valence electrons. The molecular formula is C11H22N2O3. The lowest BCUT2D eigenvalue weighted by atomic mass is 9.93. The lowest BCUT2D eigenvalue weighted by Gasteiger charge is -2.42. The zero-order chi connectivity index (χ0) is 12.3.